The molecule has 3 aromatic rings. The van der Waals surface area contributed by atoms with Crippen molar-refractivity contribution >= 4 is 69.0 Å². The van der Waals surface area contributed by atoms with E-state index < -0.39 is 5.82 Å². The lowest BCUT2D eigenvalue weighted by Crippen LogP contribution is -1.97. The summed E-state index contributed by atoms with van der Waals surface area (Å²) in [5.74, 6) is -0.478. The number of aromatic amines is 1. The average molecular weight is 439 g/mol. The second kappa shape index (κ2) is 5.29. The first-order valence-electron chi connectivity index (χ1n) is 5.52. The van der Waals surface area contributed by atoms with Crippen LogP contribution in [0.2, 0.25) is 10.0 Å². The van der Waals surface area contributed by atoms with Gasteiger partial charge in [0.25, 0.3) is 0 Å². The number of fused-ring (bicyclic) bond motifs is 1. The molecule has 0 bridgehead atoms. The molecule has 20 heavy (non-hydrogen) atoms. The maximum atomic E-state index is 13.5. The molecule has 0 amide bonds. The van der Waals surface area contributed by atoms with E-state index >= 15 is 0 Å². The molecule has 0 radical (unpaired) electrons. The molecule has 0 aliphatic rings. The number of hydrogen-bond acceptors (Lipinski definition) is 1. The summed E-state index contributed by atoms with van der Waals surface area (Å²) < 4.78 is 16.7. The van der Waals surface area contributed by atoms with Gasteiger partial charge in [-0.25, -0.2) is 4.39 Å². The van der Waals surface area contributed by atoms with Crippen molar-refractivity contribution in [2.45, 2.75) is 0 Å². The van der Waals surface area contributed by atoms with Gasteiger partial charge >= 0.3 is 0 Å². The van der Waals surface area contributed by atoms with Gasteiger partial charge in [0.2, 0.25) is 0 Å². The number of nitrogens with zero attached hydrogens (tertiary/aromatic N) is 1. The van der Waals surface area contributed by atoms with Crippen molar-refractivity contribution in [1.82, 2.24) is 9.55 Å². The third kappa shape index (κ3) is 2.36. The number of aromatic nitrogens is 2. The predicted octanol–water partition coefficient (Wildman–Crippen LogP) is 5.74. The molecule has 0 spiro atoms. The quantitative estimate of drug-likeness (QED) is 0.379. The van der Waals surface area contributed by atoms with Crippen molar-refractivity contribution in [3.63, 3.8) is 0 Å². The maximum Gasteiger partial charge on any atom is 0.182 e. The van der Waals surface area contributed by atoms with Crippen molar-refractivity contribution in [3.8, 4) is 5.69 Å². The third-order valence-corrected chi connectivity index (χ3v) is 4.55. The number of benzene rings is 2. The highest BCUT2D eigenvalue weighted by molar-refractivity contribution is 14.1. The Kier molecular flexibility index (Phi) is 3.79. The van der Waals surface area contributed by atoms with E-state index in [9.17, 15) is 4.39 Å². The number of rotatable bonds is 1. The minimum absolute atomic E-state index is 0.0595. The van der Waals surface area contributed by atoms with Crippen molar-refractivity contribution < 1.29 is 4.39 Å². The van der Waals surface area contributed by atoms with E-state index in [0.29, 0.717) is 15.3 Å². The molecule has 0 fully saturated rings. The van der Waals surface area contributed by atoms with E-state index in [1.54, 1.807) is 12.1 Å². The summed E-state index contributed by atoms with van der Waals surface area (Å²) in [7, 11) is 0. The number of H-pyrrole nitrogens is 1. The number of imidazole rings is 1. The Morgan fingerprint density at radius 3 is 2.65 bits per heavy atom. The molecule has 2 aromatic carbocycles. The zero-order valence-corrected chi connectivity index (χ0v) is 14.2. The summed E-state index contributed by atoms with van der Waals surface area (Å²) in [4.78, 5) is 2.98. The highest BCUT2D eigenvalue weighted by atomic mass is 127. The first kappa shape index (κ1) is 14.3. The maximum absolute atomic E-state index is 13.5. The Morgan fingerprint density at radius 2 is 1.95 bits per heavy atom. The van der Waals surface area contributed by atoms with Crippen LogP contribution in [-0.4, -0.2) is 9.55 Å². The van der Waals surface area contributed by atoms with Gasteiger partial charge in [-0.3, -0.25) is 4.57 Å². The Balaban J connectivity index is 2.39. The van der Waals surface area contributed by atoms with Crippen LogP contribution in [0.15, 0.2) is 30.3 Å². The Bertz CT molecular complexity index is 888. The molecule has 3 rings (SSSR count). The largest absolute Gasteiger partial charge is 0.330 e. The van der Waals surface area contributed by atoms with Crippen LogP contribution in [0.25, 0.3) is 16.7 Å². The predicted molar refractivity (Wildman–Crippen MR) is 91.2 cm³/mol. The molecule has 1 N–H and O–H groups in total. The second-order valence-electron chi connectivity index (χ2n) is 4.14. The zero-order chi connectivity index (χ0) is 14.4. The Labute approximate surface area is 142 Å². The van der Waals surface area contributed by atoms with Crippen LogP contribution in [0, 0.1) is 14.2 Å². The fourth-order valence-corrected chi connectivity index (χ4v) is 3.58. The highest BCUT2D eigenvalue weighted by Gasteiger charge is 2.12. The topological polar surface area (TPSA) is 20.7 Å². The molecule has 0 aliphatic carbocycles. The second-order valence-corrected chi connectivity index (χ2v) is 6.54. The van der Waals surface area contributed by atoms with Crippen LogP contribution in [0.1, 0.15) is 0 Å². The van der Waals surface area contributed by atoms with E-state index in [0.717, 1.165) is 14.8 Å². The average Bonchev–Trinajstić information content (AvgIpc) is 2.66. The fourth-order valence-electron chi connectivity index (χ4n) is 2.00. The van der Waals surface area contributed by atoms with E-state index in [1.807, 2.05) is 16.7 Å². The number of nitrogens with one attached hydrogen (secondary N) is 1. The monoisotopic (exact) mass is 438 g/mol. The Hall–Kier alpha value is -0.630. The number of hydrogen-bond donors (Lipinski definition) is 1. The molecule has 7 heteroatoms. The van der Waals surface area contributed by atoms with Crippen LogP contribution in [0.5, 0.6) is 0 Å². The highest BCUT2D eigenvalue weighted by Crippen LogP contribution is 2.28. The van der Waals surface area contributed by atoms with Gasteiger partial charge in [-0.2, -0.15) is 0 Å². The summed E-state index contributed by atoms with van der Waals surface area (Å²) in [6.07, 6.45) is 0. The SMILES string of the molecule is Fc1cc2[nH]c(=S)n(-c3ccc(Cl)cc3I)c2cc1Cl. The summed E-state index contributed by atoms with van der Waals surface area (Å²) in [6, 6.07) is 8.38. The van der Waals surface area contributed by atoms with Crippen LogP contribution in [0.3, 0.4) is 0 Å². The van der Waals surface area contributed by atoms with Crippen LogP contribution >= 0.6 is 58.0 Å². The van der Waals surface area contributed by atoms with Crippen molar-refractivity contribution in [2.75, 3.05) is 0 Å². The number of halogens is 4. The van der Waals surface area contributed by atoms with Gasteiger partial charge in [-0.1, -0.05) is 23.2 Å². The first-order chi connectivity index (χ1) is 9.47. The van der Waals surface area contributed by atoms with Gasteiger partial charge in [0.05, 0.1) is 21.7 Å². The standard InChI is InChI=1S/C13H6Cl2FIN2S/c14-6-1-2-11(9(17)3-6)19-12-4-7(15)8(16)5-10(12)18-13(19)20/h1-5H,(H,18,20). The smallest absolute Gasteiger partial charge is 0.182 e. The van der Waals surface area contributed by atoms with Gasteiger partial charge in [0.15, 0.2) is 4.77 Å². The molecule has 1 aromatic heterocycles. The normalized spacial score (nSPS) is 11.2. The van der Waals surface area contributed by atoms with Crippen molar-refractivity contribution in [2.24, 2.45) is 0 Å². The molecule has 0 aliphatic heterocycles. The summed E-state index contributed by atoms with van der Waals surface area (Å²) in [6.45, 7) is 0. The summed E-state index contributed by atoms with van der Waals surface area (Å²) >= 11 is 19.3. The summed E-state index contributed by atoms with van der Waals surface area (Å²) in [5.41, 5.74) is 2.19. The van der Waals surface area contributed by atoms with Crippen molar-refractivity contribution in [1.29, 1.82) is 0 Å². The van der Waals surface area contributed by atoms with Crippen molar-refractivity contribution in [3.05, 3.63) is 54.5 Å². The van der Waals surface area contributed by atoms with Crippen LogP contribution < -0.4 is 0 Å². The molecule has 0 saturated heterocycles. The third-order valence-electron chi connectivity index (χ3n) is 2.87. The van der Waals surface area contributed by atoms with Gasteiger partial charge in [-0.05, 0) is 59.1 Å². The minimum Gasteiger partial charge on any atom is -0.330 e. The molecule has 0 unspecified atom stereocenters. The minimum atomic E-state index is -0.478. The van der Waals surface area contributed by atoms with E-state index in [1.165, 1.54) is 6.07 Å². The lowest BCUT2D eigenvalue weighted by atomic mass is 10.2. The lowest BCUT2D eigenvalue weighted by molar-refractivity contribution is 0.630. The molecule has 0 saturated carbocycles. The molecule has 102 valence electrons. The van der Waals surface area contributed by atoms with Crippen LogP contribution in [-0.2, 0) is 0 Å². The van der Waals surface area contributed by atoms with E-state index in [4.69, 9.17) is 35.4 Å². The van der Waals surface area contributed by atoms with Gasteiger partial charge in [-0.15, -0.1) is 0 Å². The van der Waals surface area contributed by atoms with E-state index in [2.05, 4.69) is 27.6 Å². The van der Waals surface area contributed by atoms with Crippen LogP contribution in [0.4, 0.5) is 4.39 Å². The molecule has 1 heterocycles. The Morgan fingerprint density at radius 1 is 1.20 bits per heavy atom. The zero-order valence-electron chi connectivity index (χ0n) is 9.75. The lowest BCUT2D eigenvalue weighted by Gasteiger charge is -2.08. The summed E-state index contributed by atoms with van der Waals surface area (Å²) in [5, 5.41) is 0.706. The molecule has 0 atom stereocenters. The first-order valence-corrected chi connectivity index (χ1v) is 7.77. The molecular formula is C13H6Cl2FIN2S. The van der Waals surface area contributed by atoms with E-state index in [-0.39, 0.29) is 5.02 Å². The van der Waals surface area contributed by atoms with Gasteiger partial charge < -0.3 is 4.98 Å². The van der Waals surface area contributed by atoms with Gasteiger partial charge in [0, 0.05) is 14.7 Å². The van der Waals surface area contributed by atoms with Gasteiger partial charge in [0.1, 0.15) is 5.82 Å². The fraction of sp³-hybridized carbons (Fsp3) is 0. The molecular weight excluding hydrogens is 433 g/mol. The molecule has 2 nitrogen and oxygen atoms in total.